The van der Waals surface area contributed by atoms with Gasteiger partial charge in [-0.05, 0) is 49.2 Å². The summed E-state index contributed by atoms with van der Waals surface area (Å²) in [6.07, 6.45) is 0.713. The van der Waals surface area contributed by atoms with Crippen molar-refractivity contribution in [3.63, 3.8) is 0 Å². The van der Waals surface area contributed by atoms with E-state index >= 15 is 0 Å². The maximum atomic E-state index is 11.6. The van der Waals surface area contributed by atoms with Gasteiger partial charge in [-0.15, -0.1) is 0 Å². The molecule has 140 valence electrons. The number of anilines is 1. The van der Waals surface area contributed by atoms with Crippen LogP contribution in [-0.4, -0.2) is 24.6 Å². The third kappa shape index (κ3) is 3.43. The molecule has 0 unspecified atom stereocenters. The second-order valence-electron chi connectivity index (χ2n) is 6.51. The summed E-state index contributed by atoms with van der Waals surface area (Å²) in [5, 5.41) is 9.81. The van der Waals surface area contributed by atoms with Crippen molar-refractivity contribution in [3.05, 3.63) is 58.9 Å². The van der Waals surface area contributed by atoms with Crippen LogP contribution in [0, 0.1) is 0 Å². The van der Waals surface area contributed by atoms with Gasteiger partial charge in [0, 0.05) is 17.3 Å². The topological polar surface area (TPSA) is 102 Å². The molecule has 0 saturated carbocycles. The number of primary sulfonamides is 1. The Morgan fingerprint density at radius 2 is 2.07 bits per heavy atom. The zero-order valence-corrected chi connectivity index (χ0v) is 16.0. The van der Waals surface area contributed by atoms with Crippen LogP contribution in [-0.2, 0) is 23.0 Å². The highest BCUT2D eigenvalue weighted by atomic mass is 35.5. The molecule has 0 fully saturated rings. The summed E-state index contributed by atoms with van der Waals surface area (Å²) in [5.74, 6) is 0.896. The first kappa shape index (κ1) is 18.0. The summed E-state index contributed by atoms with van der Waals surface area (Å²) in [6, 6.07) is 12.4. The van der Waals surface area contributed by atoms with Gasteiger partial charge in [-0.25, -0.2) is 13.6 Å². The predicted molar refractivity (Wildman–Crippen MR) is 102 cm³/mol. The molecule has 2 heterocycles. The number of rotatable bonds is 4. The summed E-state index contributed by atoms with van der Waals surface area (Å²) in [4.78, 5) is 6.67. The largest absolute Gasteiger partial charge is 0.359 e. The smallest absolute Gasteiger partial charge is 0.246 e. The van der Waals surface area contributed by atoms with Crippen LogP contribution >= 0.6 is 11.6 Å². The molecule has 0 spiro atoms. The minimum atomic E-state index is -3.72. The van der Waals surface area contributed by atoms with Gasteiger partial charge in [0.15, 0.2) is 0 Å². The second kappa shape index (κ2) is 6.63. The normalized spacial score (nSPS) is 16.6. The van der Waals surface area contributed by atoms with Gasteiger partial charge in [-0.3, -0.25) is 0 Å². The average molecular weight is 405 g/mol. The highest BCUT2D eigenvalue weighted by molar-refractivity contribution is 7.89. The molecular formula is C18H17ClN4O3S. The van der Waals surface area contributed by atoms with Gasteiger partial charge < -0.3 is 9.42 Å². The van der Waals surface area contributed by atoms with Crippen LogP contribution in [0.4, 0.5) is 5.69 Å². The number of hydrogen-bond donors (Lipinski definition) is 1. The number of nitrogens with two attached hydrogens (primary N) is 1. The van der Waals surface area contributed by atoms with E-state index < -0.39 is 10.0 Å². The Balaban J connectivity index is 1.61. The summed E-state index contributed by atoms with van der Waals surface area (Å²) < 4.78 is 28.5. The Labute approximate surface area is 161 Å². The van der Waals surface area contributed by atoms with Gasteiger partial charge in [-0.2, -0.15) is 4.98 Å². The molecule has 3 aromatic rings. The number of fused-ring (bicyclic) bond motifs is 1. The van der Waals surface area contributed by atoms with E-state index in [9.17, 15) is 8.42 Å². The fraction of sp³-hybridized carbons (Fsp3) is 0.222. The molecule has 2 N–H and O–H groups in total. The van der Waals surface area contributed by atoms with Crippen molar-refractivity contribution in [1.82, 2.24) is 10.1 Å². The highest BCUT2D eigenvalue weighted by Gasteiger charge is 2.29. The summed E-state index contributed by atoms with van der Waals surface area (Å²) in [7, 11) is -3.72. The van der Waals surface area contributed by atoms with Crippen LogP contribution in [0.1, 0.15) is 18.4 Å². The number of benzene rings is 2. The molecule has 1 aromatic heterocycles. The fourth-order valence-electron chi connectivity index (χ4n) is 3.31. The van der Waals surface area contributed by atoms with Crippen molar-refractivity contribution in [2.45, 2.75) is 30.8 Å². The van der Waals surface area contributed by atoms with Crippen molar-refractivity contribution >= 4 is 27.3 Å². The molecule has 1 aliphatic heterocycles. The zero-order chi connectivity index (χ0) is 19.2. The monoisotopic (exact) mass is 404 g/mol. The Bertz CT molecular complexity index is 1110. The van der Waals surface area contributed by atoms with Crippen LogP contribution < -0.4 is 10.0 Å². The van der Waals surface area contributed by atoms with Crippen molar-refractivity contribution in [1.29, 1.82) is 0 Å². The molecule has 0 radical (unpaired) electrons. The Kier molecular flexibility index (Phi) is 4.41. The lowest BCUT2D eigenvalue weighted by molar-refractivity contribution is 0.374. The van der Waals surface area contributed by atoms with Gasteiger partial charge >= 0.3 is 0 Å². The highest BCUT2D eigenvalue weighted by Crippen LogP contribution is 2.35. The molecule has 0 saturated heterocycles. The first-order chi connectivity index (χ1) is 12.8. The SMILES string of the molecule is C[C@H]1Cc2cc(S(N)(=O)=O)ccc2N1Cc1nc(-c2ccccc2Cl)no1. The third-order valence-electron chi connectivity index (χ3n) is 4.62. The number of halogens is 1. The van der Waals surface area contributed by atoms with Gasteiger partial charge in [-0.1, -0.05) is 28.9 Å². The maximum Gasteiger partial charge on any atom is 0.246 e. The molecule has 0 bridgehead atoms. The molecular weight excluding hydrogens is 388 g/mol. The van der Waals surface area contributed by atoms with E-state index in [1.54, 1.807) is 18.2 Å². The van der Waals surface area contributed by atoms with Crippen molar-refractivity contribution < 1.29 is 12.9 Å². The lowest BCUT2D eigenvalue weighted by atomic mass is 10.1. The molecule has 2 aromatic carbocycles. The van der Waals surface area contributed by atoms with Crippen LogP contribution in [0.5, 0.6) is 0 Å². The molecule has 7 nitrogen and oxygen atoms in total. The first-order valence-corrected chi connectivity index (χ1v) is 10.3. The number of nitrogens with zero attached hydrogens (tertiary/aromatic N) is 3. The first-order valence-electron chi connectivity index (χ1n) is 8.33. The van der Waals surface area contributed by atoms with Crippen LogP contribution in [0.3, 0.4) is 0 Å². The average Bonchev–Trinajstić information content (AvgIpc) is 3.19. The minimum absolute atomic E-state index is 0.120. The van der Waals surface area contributed by atoms with Gasteiger partial charge in [0.1, 0.15) is 0 Å². The molecule has 0 amide bonds. The van der Waals surface area contributed by atoms with E-state index in [4.69, 9.17) is 21.3 Å². The predicted octanol–water partition coefficient (Wildman–Crippen LogP) is 2.99. The van der Waals surface area contributed by atoms with E-state index in [0.29, 0.717) is 35.3 Å². The van der Waals surface area contributed by atoms with Crippen LogP contribution in [0.15, 0.2) is 51.9 Å². The minimum Gasteiger partial charge on any atom is -0.359 e. The van der Waals surface area contributed by atoms with Crippen LogP contribution in [0.2, 0.25) is 5.02 Å². The van der Waals surface area contributed by atoms with Gasteiger partial charge in [0.05, 0.1) is 16.5 Å². The Morgan fingerprint density at radius 3 is 2.81 bits per heavy atom. The molecule has 4 rings (SSSR count). The Hall–Kier alpha value is -2.42. The number of hydrogen-bond acceptors (Lipinski definition) is 6. The van der Waals surface area contributed by atoms with Crippen LogP contribution in [0.25, 0.3) is 11.4 Å². The van der Waals surface area contributed by atoms with E-state index in [2.05, 4.69) is 22.0 Å². The van der Waals surface area contributed by atoms with E-state index in [1.807, 2.05) is 18.2 Å². The number of sulfonamides is 1. The van der Waals surface area contributed by atoms with Crippen molar-refractivity contribution in [2.75, 3.05) is 4.90 Å². The third-order valence-corrected chi connectivity index (χ3v) is 5.87. The van der Waals surface area contributed by atoms with Crippen molar-refractivity contribution in [2.24, 2.45) is 5.14 Å². The Morgan fingerprint density at radius 1 is 1.30 bits per heavy atom. The number of aromatic nitrogens is 2. The summed E-state index contributed by atoms with van der Waals surface area (Å²) >= 11 is 6.19. The summed E-state index contributed by atoms with van der Waals surface area (Å²) in [5.41, 5.74) is 2.58. The summed E-state index contributed by atoms with van der Waals surface area (Å²) in [6.45, 7) is 2.47. The van der Waals surface area contributed by atoms with E-state index in [0.717, 1.165) is 11.3 Å². The van der Waals surface area contributed by atoms with Gasteiger partial charge in [0.25, 0.3) is 0 Å². The molecule has 27 heavy (non-hydrogen) atoms. The lowest BCUT2D eigenvalue weighted by Gasteiger charge is -2.22. The lowest BCUT2D eigenvalue weighted by Crippen LogP contribution is -2.28. The van der Waals surface area contributed by atoms with Gasteiger partial charge in [0.2, 0.25) is 21.7 Å². The molecule has 1 atom stereocenters. The zero-order valence-electron chi connectivity index (χ0n) is 14.5. The quantitative estimate of drug-likeness (QED) is 0.717. The van der Waals surface area contributed by atoms with E-state index in [-0.39, 0.29) is 10.9 Å². The fourth-order valence-corrected chi connectivity index (χ4v) is 4.09. The maximum absolute atomic E-state index is 11.6. The standard InChI is InChI=1S/C18H17ClN4O3S/c1-11-8-12-9-13(27(20,24)25)6-7-16(12)23(11)10-17-21-18(22-26-17)14-4-2-3-5-15(14)19/h2-7,9,11H,8,10H2,1H3,(H2,20,24,25)/t11-/m0/s1. The molecule has 0 aliphatic carbocycles. The molecule has 1 aliphatic rings. The second-order valence-corrected chi connectivity index (χ2v) is 8.48. The molecule has 9 heteroatoms. The van der Waals surface area contributed by atoms with Crippen molar-refractivity contribution in [3.8, 4) is 11.4 Å². The van der Waals surface area contributed by atoms with E-state index in [1.165, 1.54) is 6.07 Å².